The van der Waals surface area contributed by atoms with Gasteiger partial charge in [-0.2, -0.15) is 0 Å². The van der Waals surface area contributed by atoms with Crippen molar-refractivity contribution in [3.8, 4) is 0 Å². The highest BCUT2D eigenvalue weighted by Crippen LogP contribution is 2.67. The second-order valence-electron chi connectivity index (χ2n) is 12.5. The molecule has 0 radical (unpaired) electrons. The van der Waals surface area contributed by atoms with Crippen LogP contribution in [0, 0.1) is 46.3 Å². The lowest BCUT2D eigenvalue weighted by Gasteiger charge is -2.58. The average Bonchev–Trinajstić information content (AvgIpc) is 3.05. The summed E-state index contributed by atoms with van der Waals surface area (Å²) in [6.07, 6.45) is 19.9. The topological polar surface area (TPSA) is 9.23 Å². The Hall–Kier alpha value is -0.720. The van der Waals surface area contributed by atoms with E-state index in [-0.39, 0.29) is 0 Å². The molecule has 0 aromatic carbocycles. The van der Waals surface area contributed by atoms with Crippen molar-refractivity contribution in [2.75, 3.05) is 0 Å². The van der Waals surface area contributed by atoms with Crippen LogP contribution < -0.4 is 0 Å². The van der Waals surface area contributed by atoms with E-state index in [9.17, 15) is 0 Å². The van der Waals surface area contributed by atoms with Gasteiger partial charge in [-0.15, -0.1) is 0 Å². The number of ether oxygens (including phenoxy) is 1. The van der Waals surface area contributed by atoms with Crippen molar-refractivity contribution in [1.82, 2.24) is 0 Å². The van der Waals surface area contributed by atoms with Gasteiger partial charge in [0.25, 0.3) is 0 Å². The van der Waals surface area contributed by atoms with E-state index in [1.807, 2.05) is 0 Å². The van der Waals surface area contributed by atoms with E-state index in [0.717, 1.165) is 41.9 Å². The van der Waals surface area contributed by atoms with Crippen LogP contribution in [0.1, 0.15) is 105 Å². The first kappa shape index (κ1) is 22.5. The van der Waals surface area contributed by atoms with E-state index in [2.05, 4.69) is 47.3 Å². The first-order valence-corrected chi connectivity index (χ1v) is 13.3. The zero-order valence-corrected chi connectivity index (χ0v) is 20.6. The third-order valence-corrected chi connectivity index (χ3v) is 10.5. The smallest absolute Gasteiger partial charge is 0.102 e. The van der Waals surface area contributed by atoms with Crippen molar-refractivity contribution in [2.45, 2.75) is 111 Å². The Labute approximate surface area is 187 Å². The van der Waals surface area contributed by atoms with Crippen molar-refractivity contribution >= 4 is 0 Å². The van der Waals surface area contributed by atoms with Crippen molar-refractivity contribution in [3.05, 3.63) is 24.5 Å². The van der Waals surface area contributed by atoms with Gasteiger partial charge >= 0.3 is 0 Å². The maximum atomic E-state index is 5.81. The molecule has 30 heavy (non-hydrogen) atoms. The summed E-state index contributed by atoms with van der Waals surface area (Å²) >= 11 is 0. The summed E-state index contributed by atoms with van der Waals surface area (Å²) < 4.78 is 5.81. The first-order valence-electron chi connectivity index (χ1n) is 13.3. The molecule has 3 saturated carbocycles. The van der Waals surface area contributed by atoms with Gasteiger partial charge in [-0.1, -0.05) is 72.1 Å². The molecule has 0 amide bonds. The quantitative estimate of drug-likeness (QED) is 0.300. The predicted molar refractivity (Wildman–Crippen MR) is 128 cm³/mol. The molecule has 0 bridgehead atoms. The third kappa shape index (κ3) is 3.81. The normalized spacial score (nSPS) is 43.9. The molecule has 4 aliphatic rings. The summed E-state index contributed by atoms with van der Waals surface area (Å²) in [6, 6.07) is 0. The third-order valence-electron chi connectivity index (χ3n) is 10.5. The first-order chi connectivity index (χ1) is 14.3. The second-order valence-corrected chi connectivity index (χ2v) is 12.5. The van der Waals surface area contributed by atoms with Crippen LogP contribution in [-0.2, 0) is 4.74 Å². The van der Waals surface area contributed by atoms with E-state index in [0.29, 0.717) is 16.9 Å². The van der Waals surface area contributed by atoms with Gasteiger partial charge < -0.3 is 4.74 Å². The van der Waals surface area contributed by atoms with Gasteiger partial charge in [-0.25, -0.2) is 0 Å². The van der Waals surface area contributed by atoms with E-state index in [4.69, 9.17) is 4.74 Å². The lowest BCUT2D eigenvalue weighted by molar-refractivity contribution is -0.0580. The van der Waals surface area contributed by atoms with E-state index >= 15 is 0 Å². The molecule has 8 atom stereocenters. The molecule has 0 spiro atoms. The summed E-state index contributed by atoms with van der Waals surface area (Å²) in [5.41, 5.74) is 2.76. The minimum Gasteiger partial charge on any atom is -0.498 e. The molecule has 4 rings (SSSR count). The SMILES string of the molecule is C=COC1CC[C@@]2(C)C(=CC[C@H]3[C@@H]4CC[C@H]([C@H](C)CCCC(C)C)[C@@]4(C)CC[C@@H]32)C1. The van der Waals surface area contributed by atoms with Gasteiger partial charge in [0, 0.05) is 6.42 Å². The van der Waals surface area contributed by atoms with Crippen LogP contribution in [0.4, 0.5) is 0 Å². The fraction of sp³-hybridized carbons (Fsp3) is 0.862. The molecule has 0 aromatic heterocycles. The van der Waals surface area contributed by atoms with Gasteiger partial charge in [0.1, 0.15) is 6.10 Å². The standard InChI is InChI=1S/C29H48O/c1-7-30-23-15-17-28(5)22(19-23)11-12-24-26-14-13-25(21(4)10-8-9-20(2)3)29(26,6)18-16-27(24)28/h7,11,20-21,23-27H,1,8-10,12-19H2,2-6H3/t21-,23?,24+,25-,26+,27+,28+,29-/m1/s1. The van der Waals surface area contributed by atoms with Crippen molar-refractivity contribution in [2.24, 2.45) is 46.3 Å². The Kier molecular flexibility index (Phi) is 6.49. The number of fused-ring (bicyclic) bond motifs is 5. The molecule has 0 aromatic rings. The lowest BCUT2D eigenvalue weighted by atomic mass is 9.47. The molecule has 0 saturated heterocycles. The Morgan fingerprint density at radius 3 is 2.60 bits per heavy atom. The highest BCUT2D eigenvalue weighted by Gasteiger charge is 2.59. The van der Waals surface area contributed by atoms with Gasteiger partial charge in [-0.3, -0.25) is 0 Å². The minimum atomic E-state index is 0.370. The summed E-state index contributed by atoms with van der Waals surface area (Å²) in [7, 11) is 0. The van der Waals surface area contributed by atoms with Gasteiger partial charge in [0.2, 0.25) is 0 Å². The predicted octanol–water partition coefficient (Wildman–Crippen LogP) is 8.56. The van der Waals surface area contributed by atoms with Crippen LogP contribution in [0.15, 0.2) is 24.5 Å². The highest BCUT2D eigenvalue weighted by atomic mass is 16.5. The van der Waals surface area contributed by atoms with E-state index in [1.54, 1.807) is 11.8 Å². The summed E-state index contributed by atoms with van der Waals surface area (Å²) in [5, 5.41) is 0. The van der Waals surface area contributed by atoms with Crippen LogP contribution in [0.25, 0.3) is 0 Å². The molecule has 3 fully saturated rings. The van der Waals surface area contributed by atoms with Crippen LogP contribution >= 0.6 is 0 Å². The van der Waals surface area contributed by atoms with Crippen molar-refractivity contribution in [3.63, 3.8) is 0 Å². The molecular weight excluding hydrogens is 364 g/mol. The summed E-state index contributed by atoms with van der Waals surface area (Å²) in [5.74, 6) is 5.54. The molecule has 1 nitrogen and oxygen atoms in total. The lowest BCUT2D eigenvalue weighted by Crippen LogP contribution is -2.50. The maximum absolute atomic E-state index is 5.81. The van der Waals surface area contributed by atoms with Gasteiger partial charge in [0.05, 0.1) is 6.26 Å². The monoisotopic (exact) mass is 412 g/mol. The fourth-order valence-electron chi connectivity index (χ4n) is 8.90. The highest BCUT2D eigenvalue weighted by molar-refractivity contribution is 5.25. The Morgan fingerprint density at radius 1 is 1.07 bits per heavy atom. The Bertz CT molecular complexity index is 647. The second kappa shape index (κ2) is 8.67. The molecule has 1 heteroatoms. The molecule has 0 N–H and O–H groups in total. The summed E-state index contributed by atoms with van der Waals surface area (Å²) in [6.45, 7) is 16.5. The molecule has 4 aliphatic carbocycles. The zero-order valence-electron chi connectivity index (χ0n) is 20.6. The zero-order chi connectivity index (χ0) is 21.5. The van der Waals surface area contributed by atoms with Crippen molar-refractivity contribution < 1.29 is 4.74 Å². The molecule has 170 valence electrons. The maximum Gasteiger partial charge on any atom is 0.102 e. The molecule has 0 aliphatic heterocycles. The van der Waals surface area contributed by atoms with Crippen LogP contribution in [0.2, 0.25) is 0 Å². The van der Waals surface area contributed by atoms with Crippen LogP contribution in [-0.4, -0.2) is 6.10 Å². The minimum absolute atomic E-state index is 0.370. The Balaban J connectivity index is 1.47. The van der Waals surface area contributed by atoms with Crippen molar-refractivity contribution in [1.29, 1.82) is 0 Å². The number of hydrogen-bond acceptors (Lipinski definition) is 1. The molecule has 0 heterocycles. The van der Waals surface area contributed by atoms with E-state index in [1.165, 1.54) is 64.2 Å². The number of hydrogen-bond donors (Lipinski definition) is 0. The number of allylic oxidation sites excluding steroid dienone is 1. The Morgan fingerprint density at radius 2 is 1.87 bits per heavy atom. The molecular formula is C29H48O. The van der Waals surface area contributed by atoms with E-state index < -0.39 is 0 Å². The average molecular weight is 413 g/mol. The molecule has 1 unspecified atom stereocenters. The van der Waals surface area contributed by atoms with Crippen LogP contribution in [0.5, 0.6) is 0 Å². The van der Waals surface area contributed by atoms with Gasteiger partial charge in [0.15, 0.2) is 0 Å². The van der Waals surface area contributed by atoms with Crippen LogP contribution in [0.3, 0.4) is 0 Å². The number of rotatable bonds is 7. The largest absolute Gasteiger partial charge is 0.498 e. The summed E-state index contributed by atoms with van der Waals surface area (Å²) in [4.78, 5) is 0. The van der Waals surface area contributed by atoms with Gasteiger partial charge in [-0.05, 0) is 91.3 Å². The fourth-order valence-corrected chi connectivity index (χ4v) is 8.90.